The minimum Gasteiger partial charge on any atom is -0.497 e. The normalized spacial score (nSPS) is 11.4. The van der Waals surface area contributed by atoms with Gasteiger partial charge < -0.3 is 9.47 Å². The standard InChI is InChI=1S/C19H20N2O4S2/c1-13-21-17(12-26-13)15-6-9-18(25-3)19(10-15)27(22,23)20-11-14-4-7-16(24-2)8-5-14/h4-10,12,20H,11H2,1-3H3. The van der Waals surface area contributed by atoms with Gasteiger partial charge in [0.05, 0.1) is 24.9 Å². The largest absolute Gasteiger partial charge is 0.497 e. The lowest BCUT2D eigenvalue weighted by Gasteiger charge is -2.12. The second-order valence-corrected chi connectivity index (χ2v) is 8.59. The van der Waals surface area contributed by atoms with Crippen molar-refractivity contribution in [3.05, 3.63) is 58.4 Å². The van der Waals surface area contributed by atoms with Gasteiger partial charge in [-0.2, -0.15) is 0 Å². The van der Waals surface area contributed by atoms with Gasteiger partial charge in [0.2, 0.25) is 10.0 Å². The number of rotatable bonds is 7. The molecule has 0 aliphatic heterocycles. The number of aryl methyl sites for hydroxylation is 1. The number of nitrogens with zero attached hydrogens (tertiary/aromatic N) is 1. The van der Waals surface area contributed by atoms with Crippen molar-refractivity contribution in [1.29, 1.82) is 0 Å². The van der Waals surface area contributed by atoms with Gasteiger partial charge >= 0.3 is 0 Å². The Morgan fingerprint density at radius 2 is 1.81 bits per heavy atom. The molecule has 0 bridgehead atoms. The molecule has 27 heavy (non-hydrogen) atoms. The molecule has 0 unspecified atom stereocenters. The quantitative estimate of drug-likeness (QED) is 0.651. The number of methoxy groups -OCH3 is 2. The van der Waals surface area contributed by atoms with Crippen molar-refractivity contribution in [3.63, 3.8) is 0 Å². The van der Waals surface area contributed by atoms with Crippen LogP contribution in [0.15, 0.2) is 52.7 Å². The van der Waals surface area contributed by atoms with E-state index in [-0.39, 0.29) is 17.2 Å². The van der Waals surface area contributed by atoms with Gasteiger partial charge in [0, 0.05) is 17.5 Å². The number of ether oxygens (including phenoxy) is 2. The van der Waals surface area contributed by atoms with Crippen molar-refractivity contribution in [2.45, 2.75) is 18.4 Å². The summed E-state index contributed by atoms with van der Waals surface area (Å²) in [6.07, 6.45) is 0. The molecule has 0 saturated carbocycles. The van der Waals surface area contributed by atoms with E-state index in [0.29, 0.717) is 0 Å². The Hall–Kier alpha value is -2.42. The van der Waals surface area contributed by atoms with Gasteiger partial charge in [-0.1, -0.05) is 12.1 Å². The first-order valence-corrected chi connectivity index (χ1v) is 10.5. The highest BCUT2D eigenvalue weighted by Crippen LogP contribution is 2.30. The molecule has 0 saturated heterocycles. The fraction of sp³-hybridized carbons (Fsp3) is 0.211. The summed E-state index contributed by atoms with van der Waals surface area (Å²) in [5.41, 5.74) is 2.29. The Kier molecular flexibility index (Phi) is 5.79. The van der Waals surface area contributed by atoms with E-state index in [2.05, 4.69) is 9.71 Å². The Labute approximate surface area is 162 Å². The van der Waals surface area contributed by atoms with Crippen LogP contribution in [0.25, 0.3) is 11.3 Å². The molecule has 1 aromatic heterocycles. The van der Waals surface area contributed by atoms with Gasteiger partial charge in [-0.3, -0.25) is 0 Å². The second-order valence-electron chi connectivity index (χ2n) is 5.79. The summed E-state index contributed by atoms with van der Waals surface area (Å²) in [4.78, 5) is 4.50. The molecular weight excluding hydrogens is 384 g/mol. The van der Waals surface area contributed by atoms with Gasteiger partial charge in [-0.25, -0.2) is 18.1 Å². The fourth-order valence-electron chi connectivity index (χ4n) is 2.54. The van der Waals surface area contributed by atoms with E-state index in [0.717, 1.165) is 27.6 Å². The summed E-state index contributed by atoms with van der Waals surface area (Å²) in [6, 6.07) is 12.2. The number of hydrogen-bond donors (Lipinski definition) is 1. The molecule has 0 aliphatic rings. The Bertz CT molecular complexity index is 1030. The van der Waals surface area contributed by atoms with Gasteiger partial charge in [-0.05, 0) is 42.8 Å². The third-order valence-electron chi connectivity index (χ3n) is 3.99. The average molecular weight is 405 g/mol. The molecule has 0 aliphatic carbocycles. The van der Waals surface area contributed by atoms with Crippen molar-refractivity contribution >= 4 is 21.4 Å². The van der Waals surface area contributed by atoms with Gasteiger partial charge in [0.25, 0.3) is 0 Å². The summed E-state index contributed by atoms with van der Waals surface area (Å²) < 4.78 is 38.7. The minimum atomic E-state index is -3.77. The van der Waals surface area contributed by atoms with E-state index in [1.165, 1.54) is 18.4 Å². The molecular formula is C19H20N2O4S2. The highest BCUT2D eigenvalue weighted by molar-refractivity contribution is 7.89. The van der Waals surface area contributed by atoms with Crippen LogP contribution in [0.3, 0.4) is 0 Å². The summed E-state index contributed by atoms with van der Waals surface area (Å²) in [6.45, 7) is 2.07. The van der Waals surface area contributed by atoms with Gasteiger partial charge in [0.15, 0.2) is 0 Å². The van der Waals surface area contributed by atoms with Gasteiger partial charge in [-0.15, -0.1) is 11.3 Å². The van der Waals surface area contributed by atoms with Crippen LogP contribution < -0.4 is 14.2 Å². The molecule has 1 heterocycles. The Morgan fingerprint density at radius 1 is 1.07 bits per heavy atom. The first-order chi connectivity index (χ1) is 12.9. The number of benzene rings is 2. The van der Waals surface area contributed by atoms with E-state index in [1.54, 1.807) is 37.4 Å². The SMILES string of the molecule is COc1ccc(CNS(=O)(=O)c2cc(-c3csc(C)n3)ccc2OC)cc1. The molecule has 0 spiro atoms. The van der Waals surface area contributed by atoms with Crippen molar-refractivity contribution in [1.82, 2.24) is 9.71 Å². The lowest BCUT2D eigenvalue weighted by Crippen LogP contribution is -2.23. The molecule has 1 N–H and O–H groups in total. The zero-order valence-corrected chi connectivity index (χ0v) is 16.9. The molecule has 0 radical (unpaired) electrons. The maximum absolute atomic E-state index is 12.9. The highest BCUT2D eigenvalue weighted by Gasteiger charge is 2.21. The Morgan fingerprint density at radius 3 is 2.41 bits per heavy atom. The van der Waals surface area contributed by atoms with Crippen molar-refractivity contribution in [2.24, 2.45) is 0 Å². The third kappa shape index (κ3) is 4.47. The summed E-state index contributed by atoms with van der Waals surface area (Å²) in [7, 11) is -0.738. The second kappa shape index (κ2) is 8.08. The number of thiazole rings is 1. The summed E-state index contributed by atoms with van der Waals surface area (Å²) in [5, 5.41) is 2.82. The first kappa shape index (κ1) is 19.3. The topological polar surface area (TPSA) is 77.5 Å². The van der Waals surface area contributed by atoms with Crippen molar-refractivity contribution < 1.29 is 17.9 Å². The monoisotopic (exact) mass is 404 g/mol. The maximum atomic E-state index is 12.9. The summed E-state index contributed by atoms with van der Waals surface area (Å²) >= 11 is 1.52. The molecule has 0 amide bonds. The number of sulfonamides is 1. The van der Waals surface area contributed by atoms with E-state index in [1.807, 2.05) is 24.4 Å². The van der Waals surface area contributed by atoms with Crippen molar-refractivity contribution in [2.75, 3.05) is 14.2 Å². The first-order valence-electron chi connectivity index (χ1n) is 8.16. The highest BCUT2D eigenvalue weighted by atomic mass is 32.2. The smallest absolute Gasteiger partial charge is 0.244 e. The molecule has 2 aromatic carbocycles. The number of nitrogens with one attached hydrogen (secondary N) is 1. The van der Waals surface area contributed by atoms with Crippen LogP contribution in [0.1, 0.15) is 10.6 Å². The predicted molar refractivity (Wildman–Crippen MR) is 106 cm³/mol. The van der Waals surface area contributed by atoms with E-state index in [9.17, 15) is 8.42 Å². The van der Waals surface area contributed by atoms with E-state index in [4.69, 9.17) is 9.47 Å². The molecule has 3 aromatic rings. The molecule has 3 rings (SSSR count). The molecule has 0 atom stereocenters. The zero-order chi connectivity index (χ0) is 19.4. The van der Waals surface area contributed by atoms with Gasteiger partial charge in [0.1, 0.15) is 16.4 Å². The fourth-order valence-corrected chi connectivity index (χ4v) is 4.37. The Balaban J connectivity index is 1.87. The predicted octanol–water partition coefficient (Wildman–Crippen LogP) is 3.61. The van der Waals surface area contributed by atoms with Crippen LogP contribution in [0, 0.1) is 6.92 Å². The average Bonchev–Trinajstić information content (AvgIpc) is 3.12. The molecule has 142 valence electrons. The zero-order valence-electron chi connectivity index (χ0n) is 15.2. The van der Waals surface area contributed by atoms with E-state index >= 15 is 0 Å². The van der Waals surface area contributed by atoms with Crippen LogP contribution in [0.5, 0.6) is 11.5 Å². The number of hydrogen-bond acceptors (Lipinski definition) is 6. The van der Waals surface area contributed by atoms with E-state index < -0.39 is 10.0 Å². The number of aromatic nitrogens is 1. The van der Waals surface area contributed by atoms with Crippen LogP contribution in [0.4, 0.5) is 0 Å². The minimum absolute atomic E-state index is 0.0849. The molecule has 8 heteroatoms. The maximum Gasteiger partial charge on any atom is 0.244 e. The van der Waals surface area contributed by atoms with Crippen LogP contribution in [0.2, 0.25) is 0 Å². The third-order valence-corrected chi connectivity index (χ3v) is 6.19. The lowest BCUT2D eigenvalue weighted by atomic mass is 10.2. The molecule has 6 nitrogen and oxygen atoms in total. The molecule has 0 fully saturated rings. The van der Waals surface area contributed by atoms with Crippen molar-refractivity contribution in [3.8, 4) is 22.8 Å². The summed E-state index contributed by atoms with van der Waals surface area (Å²) in [5.74, 6) is 1.00. The van der Waals surface area contributed by atoms with Crippen LogP contribution >= 0.6 is 11.3 Å². The lowest BCUT2D eigenvalue weighted by molar-refractivity contribution is 0.402. The van der Waals surface area contributed by atoms with Crippen LogP contribution in [-0.4, -0.2) is 27.6 Å². The van der Waals surface area contributed by atoms with Crippen LogP contribution in [-0.2, 0) is 16.6 Å².